The lowest BCUT2D eigenvalue weighted by Crippen LogP contribution is -2.26. The van der Waals surface area contributed by atoms with Crippen molar-refractivity contribution < 1.29 is 9.32 Å². The molecular weight excluding hydrogens is 292 g/mol. The maximum atomic E-state index is 12.4. The van der Waals surface area contributed by atoms with Crippen LogP contribution in [0, 0.1) is 0 Å². The first kappa shape index (κ1) is 13.9. The number of benzene rings is 1. The van der Waals surface area contributed by atoms with Crippen molar-refractivity contribution in [1.82, 2.24) is 20.4 Å². The van der Waals surface area contributed by atoms with E-state index in [9.17, 15) is 4.79 Å². The standard InChI is InChI=1S/C17H16N4O2/c22-16(13-5-1-3-11-4-2-9-18-15(11)13)19-10-8-14-20-17(23-21-14)12-6-7-12/h1-5,9,12H,6-8,10H2,(H,19,22). The summed E-state index contributed by atoms with van der Waals surface area (Å²) in [6, 6.07) is 9.39. The normalized spacial score (nSPS) is 14.1. The second-order valence-electron chi connectivity index (χ2n) is 5.71. The molecule has 23 heavy (non-hydrogen) atoms. The zero-order chi connectivity index (χ0) is 15.6. The monoisotopic (exact) mass is 308 g/mol. The Bertz CT molecular complexity index is 849. The van der Waals surface area contributed by atoms with Crippen LogP contribution in [-0.2, 0) is 6.42 Å². The van der Waals surface area contributed by atoms with Gasteiger partial charge < -0.3 is 9.84 Å². The molecule has 0 spiro atoms. The second-order valence-corrected chi connectivity index (χ2v) is 5.71. The van der Waals surface area contributed by atoms with E-state index in [1.165, 1.54) is 0 Å². The van der Waals surface area contributed by atoms with E-state index in [0.29, 0.717) is 35.8 Å². The van der Waals surface area contributed by atoms with Gasteiger partial charge in [0.1, 0.15) is 0 Å². The summed E-state index contributed by atoms with van der Waals surface area (Å²) in [6.07, 6.45) is 4.51. The maximum absolute atomic E-state index is 12.4. The lowest BCUT2D eigenvalue weighted by molar-refractivity contribution is 0.0955. The highest BCUT2D eigenvalue weighted by atomic mass is 16.5. The molecule has 1 aromatic carbocycles. The Morgan fingerprint density at radius 2 is 2.13 bits per heavy atom. The smallest absolute Gasteiger partial charge is 0.253 e. The average molecular weight is 308 g/mol. The first-order valence-electron chi connectivity index (χ1n) is 7.76. The predicted octanol–water partition coefficient (Wildman–Crippen LogP) is 2.47. The molecule has 4 rings (SSSR count). The van der Waals surface area contributed by atoms with Crippen LogP contribution in [-0.4, -0.2) is 27.6 Å². The van der Waals surface area contributed by atoms with Gasteiger partial charge in [0.05, 0.1) is 11.1 Å². The van der Waals surface area contributed by atoms with Crippen LogP contribution in [0.25, 0.3) is 10.9 Å². The highest BCUT2D eigenvalue weighted by molar-refractivity contribution is 6.05. The maximum Gasteiger partial charge on any atom is 0.253 e. The zero-order valence-corrected chi connectivity index (χ0v) is 12.5. The fourth-order valence-corrected chi connectivity index (χ4v) is 2.54. The van der Waals surface area contributed by atoms with E-state index in [2.05, 4.69) is 20.4 Å². The van der Waals surface area contributed by atoms with Gasteiger partial charge in [0.25, 0.3) is 5.91 Å². The van der Waals surface area contributed by atoms with Crippen molar-refractivity contribution in [2.24, 2.45) is 0 Å². The molecule has 1 amide bonds. The number of pyridine rings is 1. The zero-order valence-electron chi connectivity index (χ0n) is 12.5. The van der Waals surface area contributed by atoms with Gasteiger partial charge >= 0.3 is 0 Å². The summed E-state index contributed by atoms with van der Waals surface area (Å²) in [5.74, 6) is 1.68. The van der Waals surface area contributed by atoms with E-state index in [1.807, 2.05) is 24.3 Å². The van der Waals surface area contributed by atoms with Gasteiger partial charge in [-0.1, -0.05) is 23.4 Å². The van der Waals surface area contributed by atoms with Gasteiger partial charge in [-0.05, 0) is 25.0 Å². The van der Waals surface area contributed by atoms with Crippen molar-refractivity contribution in [3.05, 3.63) is 53.8 Å². The van der Waals surface area contributed by atoms with Gasteiger partial charge in [-0.15, -0.1) is 0 Å². The molecule has 2 aromatic heterocycles. The van der Waals surface area contributed by atoms with Crippen molar-refractivity contribution in [2.75, 3.05) is 6.54 Å². The summed E-state index contributed by atoms with van der Waals surface area (Å²) in [7, 11) is 0. The SMILES string of the molecule is O=C(NCCc1noc(C2CC2)n1)c1cccc2cccnc12. The van der Waals surface area contributed by atoms with E-state index in [-0.39, 0.29) is 5.91 Å². The van der Waals surface area contributed by atoms with Crippen LogP contribution in [0.1, 0.15) is 40.8 Å². The van der Waals surface area contributed by atoms with Gasteiger partial charge in [-0.25, -0.2) is 0 Å². The number of aromatic nitrogens is 3. The minimum absolute atomic E-state index is 0.139. The van der Waals surface area contributed by atoms with Crippen LogP contribution < -0.4 is 5.32 Å². The highest BCUT2D eigenvalue weighted by Crippen LogP contribution is 2.38. The number of fused-ring (bicyclic) bond motifs is 1. The molecule has 116 valence electrons. The number of rotatable bonds is 5. The van der Waals surface area contributed by atoms with Gasteiger partial charge in [-0.2, -0.15) is 4.98 Å². The number of carbonyl (C=O) groups excluding carboxylic acids is 1. The summed E-state index contributed by atoms with van der Waals surface area (Å²) in [5.41, 5.74) is 1.29. The van der Waals surface area contributed by atoms with Crippen molar-refractivity contribution in [3.63, 3.8) is 0 Å². The summed E-state index contributed by atoms with van der Waals surface area (Å²) in [5, 5.41) is 7.79. The Labute approximate surface area is 132 Å². The molecule has 2 heterocycles. The predicted molar refractivity (Wildman–Crippen MR) is 84.1 cm³/mol. The first-order valence-corrected chi connectivity index (χ1v) is 7.76. The van der Waals surface area contributed by atoms with Crippen LogP contribution in [0.3, 0.4) is 0 Å². The van der Waals surface area contributed by atoms with E-state index in [1.54, 1.807) is 12.3 Å². The van der Waals surface area contributed by atoms with Crippen LogP contribution in [0.2, 0.25) is 0 Å². The lowest BCUT2D eigenvalue weighted by atomic mass is 10.1. The largest absolute Gasteiger partial charge is 0.352 e. The van der Waals surface area contributed by atoms with E-state index >= 15 is 0 Å². The molecule has 1 N–H and O–H groups in total. The summed E-state index contributed by atoms with van der Waals surface area (Å²) >= 11 is 0. The fraction of sp³-hybridized carbons (Fsp3) is 0.294. The number of hydrogen-bond donors (Lipinski definition) is 1. The Morgan fingerprint density at radius 3 is 3.00 bits per heavy atom. The number of nitrogens with zero attached hydrogens (tertiary/aromatic N) is 3. The molecule has 0 unspecified atom stereocenters. The molecule has 1 saturated carbocycles. The Kier molecular flexibility index (Phi) is 3.49. The Morgan fingerprint density at radius 1 is 1.26 bits per heavy atom. The molecule has 6 nitrogen and oxygen atoms in total. The molecule has 1 fully saturated rings. The van der Waals surface area contributed by atoms with Gasteiger partial charge in [0.15, 0.2) is 5.82 Å². The Balaban J connectivity index is 1.40. The summed E-state index contributed by atoms with van der Waals surface area (Å²) in [4.78, 5) is 21.0. The number of carbonyl (C=O) groups is 1. The topological polar surface area (TPSA) is 80.9 Å². The second kappa shape index (κ2) is 5.79. The van der Waals surface area contributed by atoms with Gasteiger partial charge in [0.2, 0.25) is 5.89 Å². The minimum atomic E-state index is -0.139. The lowest BCUT2D eigenvalue weighted by Gasteiger charge is -2.06. The molecule has 3 aromatic rings. The minimum Gasteiger partial charge on any atom is -0.352 e. The van der Waals surface area contributed by atoms with Crippen molar-refractivity contribution in [2.45, 2.75) is 25.2 Å². The van der Waals surface area contributed by atoms with E-state index in [0.717, 1.165) is 24.1 Å². The van der Waals surface area contributed by atoms with Crippen LogP contribution in [0.4, 0.5) is 0 Å². The molecule has 1 aliphatic rings. The number of nitrogens with one attached hydrogen (secondary N) is 1. The fourth-order valence-electron chi connectivity index (χ4n) is 2.54. The summed E-state index contributed by atoms with van der Waals surface area (Å²) in [6.45, 7) is 0.464. The highest BCUT2D eigenvalue weighted by Gasteiger charge is 2.29. The van der Waals surface area contributed by atoms with Gasteiger partial charge in [0, 0.05) is 30.5 Å². The molecule has 0 aliphatic heterocycles. The summed E-state index contributed by atoms with van der Waals surface area (Å²) < 4.78 is 5.20. The van der Waals surface area contributed by atoms with Crippen LogP contribution >= 0.6 is 0 Å². The third-order valence-corrected chi connectivity index (χ3v) is 3.92. The molecular formula is C17H16N4O2. The molecule has 0 radical (unpaired) electrons. The molecule has 6 heteroatoms. The third kappa shape index (κ3) is 2.92. The quantitative estimate of drug-likeness (QED) is 0.783. The number of para-hydroxylation sites is 1. The first-order chi connectivity index (χ1) is 11.3. The van der Waals surface area contributed by atoms with Crippen molar-refractivity contribution in [1.29, 1.82) is 0 Å². The van der Waals surface area contributed by atoms with Crippen molar-refractivity contribution in [3.8, 4) is 0 Å². The molecule has 1 aliphatic carbocycles. The average Bonchev–Trinajstić information content (AvgIpc) is 3.33. The van der Waals surface area contributed by atoms with Crippen molar-refractivity contribution >= 4 is 16.8 Å². The molecule has 0 bridgehead atoms. The number of hydrogen-bond acceptors (Lipinski definition) is 5. The third-order valence-electron chi connectivity index (χ3n) is 3.92. The molecule has 0 saturated heterocycles. The number of amides is 1. The van der Waals surface area contributed by atoms with E-state index < -0.39 is 0 Å². The molecule has 0 atom stereocenters. The van der Waals surface area contributed by atoms with Crippen LogP contribution in [0.5, 0.6) is 0 Å². The Hall–Kier alpha value is -2.76. The van der Waals surface area contributed by atoms with Crippen LogP contribution in [0.15, 0.2) is 41.1 Å². The van der Waals surface area contributed by atoms with E-state index in [4.69, 9.17) is 4.52 Å². The van der Waals surface area contributed by atoms with Gasteiger partial charge in [-0.3, -0.25) is 9.78 Å².